The van der Waals surface area contributed by atoms with Crippen molar-refractivity contribution in [2.24, 2.45) is 0 Å². The van der Waals surface area contributed by atoms with Crippen LogP contribution in [0.3, 0.4) is 0 Å². The molecule has 0 aliphatic carbocycles. The maximum atomic E-state index is 13.2. The van der Waals surface area contributed by atoms with Crippen LogP contribution in [0.25, 0.3) is 0 Å². The molecule has 5 nitrogen and oxygen atoms in total. The van der Waals surface area contributed by atoms with E-state index in [0.717, 1.165) is 11.8 Å². The van der Waals surface area contributed by atoms with Gasteiger partial charge in [-0.05, 0) is 12.5 Å². The number of hydrogen-bond donors (Lipinski definition) is 1. The summed E-state index contributed by atoms with van der Waals surface area (Å²) in [5.41, 5.74) is 1.57. The fourth-order valence-electron chi connectivity index (χ4n) is 2.54. The van der Waals surface area contributed by atoms with E-state index in [-0.39, 0.29) is 18.6 Å². The fourth-order valence-corrected chi connectivity index (χ4v) is 2.54. The molecule has 0 spiro atoms. The molecule has 0 bridgehead atoms. The fraction of sp³-hybridized carbons (Fsp3) is 0.294. The van der Waals surface area contributed by atoms with Crippen molar-refractivity contribution in [2.75, 3.05) is 6.54 Å². The van der Waals surface area contributed by atoms with Gasteiger partial charge >= 0.3 is 6.09 Å². The summed E-state index contributed by atoms with van der Waals surface area (Å²) in [7, 11) is 0. The first-order valence-electron chi connectivity index (χ1n) is 7.40. The van der Waals surface area contributed by atoms with E-state index >= 15 is 0 Å². The molecule has 0 radical (unpaired) electrons. The number of nitrogens with one attached hydrogen (secondary N) is 1. The van der Waals surface area contributed by atoms with Crippen LogP contribution >= 0.6 is 0 Å². The molecule has 1 aromatic heterocycles. The molecular weight excluding hydrogens is 299 g/mol. The zero-order valence-corrected chi connectivity index (χ0v) is 12.7. The highest BCUT2D eigenvalue weighted by molar-refractivity contribution is 5.67. The highest BCUT2D eigenvalue weighted by Gasteiger charge is 2.33. The van der Waals surface area contributed by atoms with Crippen LogP contribution in [-0.2, 0) is 11.3 Å². The topological polar surface area (TPSA) is 60.5 Å². The second-order valence-corrected chi connectivity index (χ2v) is 5.41. The monoisotopic (exact) mass is 316 g/mol. The lowest BCUT2D eigenvalue weighted by atomic mass is 10.0. The number of alkyl carbamates (subject to hydrolysis) is 1. The predicted octanol–water partition coefficient (Wildman–Crippen LogP) is 3.01. The highest BCUT2D eigenvalue weighted by atomic mass is 19.1. The van der Waals surface area contributed by atoms with Gasteiger partial charge in [0.25, 0.3) is 0 Å². The molecule has 3 rings (SSSR count). The van der Waals surface area contributed by atoms with Crippen LogP contribution in [0.1, 0.15) is 24.1 Å². The van der Waals surface area contributed by atoms with Gasteiger partial charge in [-0.2, -0.15) is 0 Å². The van der Waals surface area contributed by atoms with Gasteiger partial charge in [0.2, 0.25) is 0 Å². The van der Waals surface area contributed by atoms with E-state index in [0.29, 0.717) is 18.0 Å². The van der Waals surface area contributed by atoms with Gasteiger partial charge in [0, 0.05) is 12.6 Å². The third-order valence-electron chi connectivity index (χ3n) is 3.76. The predicted molar refractivity (Wildman–Crippen MR) is 81.7 cm³/mol. The molecule has 0 fully saturated rings. The quantitative estimate of drug-likeness (QED) is 0.942. The first-order valence-corrected chi connectivity index (χ1v) is 7.40. The Kier molecular flexibility index (Phi) is 4.41. The Morgan fingerprint density at radius 2 is 2.17 bits per heavy atom. The molecule has 120 valence electrons. The van der Waals surface area contributed by atoms with Crippen LogP contribution in [0.15, 0.2) is 42.6 Å². The van der Waals surface area contributed by atoms with Crippen LogP contribution in [0.4, 0.5) is 9.18 Å². The lowest BCUT2D eigenvalue weighted by molar-refractivity contribution is 0.137. The summed E-state index contributed by atoms with van der Waals surface area (Å²) in [5, 5.41) is 2.71. The molecule has 2 atom stereocenters. The molecule has 1 aromatic carbocycles. The molecule has 0 saturated heterocycles. The van der Waals surface area contributed by atoms with Crippen molar-refractivity contribution in [3.63, 3.8) is 0 Å². The third-order valence-corrected chi connectivity index (χ3v) is 3.76. The second-order valence-electron chi connectivity index (χ2n) is 5.41. The number of hydrogen-bond acceptors (Lipinski definition) is 4. The Balaban J connectivity index is 1.53. The summed E-state index contributed by atoms with van der Waals surface area (Å²) in [6.45, 7) is 2.39. The van der Waals surface area contributed by atoms with Crippen LogP contribution < -0.4 is 10.1 Å². The van der Waals surface area contributed by atoms with E-state index in [1.165, 1.54) is 6.07 Å². The number of fused-ring (bicyclic) bond motifs is 1. The minimum atomic E-state index is -0.503. The molecule has 1 aliphatic heterocycles. The third kappa shape index (κ3) is 3.59. The summed E-state index contributed by atoms with van der Waals surface area (Å²) in [6, 6.07) is 10.8. The average molecular weight is 316 g/mol. The summed E-state index contributed by atoms with van der Waals surface area (Å²) in [4.78, 5) is 15.9. The largest absolute Gasteiger partial charge is 0.488 e. The Morgan fingerprint density at radius 1 is 1.39 bits per heavy atom. The SMILES string of the molecule is C[C@H]1Oc2cc(F)cnc2[C@@H]1CNC(=O)OCc1ccccc1. The smallest absolute Gasteiger partial charge is 0.407 e. The zero-order chi connectivity index (χ0) is 16.2. The number of aromatic nitrogens is 1. The van der Waals surface area contributed by atoms with Crippen molar-refractivity contribution in [3.05, 3.63) is 59.7 Å². The van der Waals surface area contributed by atoms with Gasteiger partial charge in [0.05, 0.1) is 17.8 Å². The molecular formula is C17H17FN2O3. The number of halogens is 1. The zero-order valence-electron chi connectivity index (χ0n) is 12.7. The number of amides is 1. The van der Waals surface area contributed by atoms with Crippen LogP contribution in [-0.4, -0.2) is 23.7 Å². The lowest BCUT2D eigenvalue weighted by Gasteiger charge is -2.15. The van der Waals surface area contributed by atoms with Crippen molar-refractivity contribution < 1.29 is 18.7 Å². The maximum Gasteiger partial charge on any atom is 0.407 e. The van der Waals surface area contributed by atoms with E-state index in [1.54, 1.807) is 0 Å². The summed E-state index contributed by atoms with van der Waals surface area (Å²) in [6.07, 6.45) is 0.464. The number of carbonyl (C=O) groups is 1. The molecule has 1 amide bonds. The number of carbonyl (C=O) groups excluding carboxylic acids is 1. The van der Waals surface area contributed by atoms with E-state index in [2.05, 4.69) is 10.3 Å². The van der Waals surface area contributed by atoms with Gasteiger partial charge in [-0.15, -0.1) is 0 Å². The molecule has 1 aliphatic rings. The summed E-state index contributed by atoms with van der Waals surface area (Å²) < 4.78 is 23.9. The van der Waals surface area contributed by atoms with Gasteiger partial charge in [-0.25, -0.2) is 9.18 Å². The minimum Gasteiger partial charge on any atom is -0.488 e. The molecule has 0 saturated carbocycles. The molecule has 23 heavy (non-hydrogen) atoms. The Hall–Kier alpha value is -2.63. The van der Waals surface area contributed by atoms with Gasteiger partial charge in [0.15, 0.2) is 0 Å². The number of nitrogens with zero attached hydrogens (tertiary/aromatic N) is 1. The van der Waals surface area contributed by atoms with Crippen molar-refractivity contribution in [2.45, 2.75) is 25.6 Å². The highest BCUT2D eigenvalue weighted by Crippen LogP contribution is 2.36. The molecule has 2 heterocycles. The van der Waals surface area contributed by atoms with Crippen LogP contribution in [0.2, 0.25) is 0 Å². The van der Waals surface area contributed by atoms with Gasteiger partial charge < -0.3 is 14.8 Å². The first kappa shape index (κ1) is 15.3. The van der Waals surface area contributed by atoms with Crippen molar-refractivity contribution in [3.8, 4) is 5.75 Å². The van der Waals surface area contributed by atoms with E-state index in [9.17, 15) is 9.18 Å². The van der Waals surface area contributed by atoms with Crippen LogP contribution in [0.5, 0.6) is 5.75 Å². The minimum absolute atomic E-state index is 0.130. The summed E-state index contributed by atoms with van der Waals surface area (Å²) in [5.74, 6) is -0.136. The van der Waals surface area contributed by atoms with E-state index < -0.39 is 11.9 Å². The molecule has 2 aromatic rings. The van der Waals surface area contributed by atoms with Crippen molar-refractivity contribution in [1.29, 1.82) is 0 Å². The standard InChI is InChI=1S/C17H17FN2O3/c1-11-14(16-15(23-11)7-13(18)8-19-16)9-20-17(21)22-10-12-5-3-2-4-6-12/h2-8,11,14H,9-10H2,1H3,(H,20,21)/t11-,14-/m1/s1. The Morgan fingerprint density at radius 3 is 2.96 bits per heavy atom. The van der Waals surface area contributed by atoms with Gasteiger partial charge in [-0.3, -0.25) is 4.98 Å². The maximum absolute atomic E-state index is 13.2. The number of rotatable bonds is 4. The van der Waals surface area contributed by atoms with Crippen molar-refractivity contribution >= 4 is 6.09 Å². The van der Waals surface area contributed by atoms with Crippen molar-refractivity contribution in [1.82, 2.24) is 10.3 Å². The number of pyridine rings is 1. The lowest BCUT2D eigenvalue weighted by Crippen LogP contribution is -2.32. The van der Waals surface area contributed by atoms with E-state index in [1.807, 2.05) is 37.3 Å². The van der Waals surface area contributed by atoms with Gasteiger partial charge in [0.1, 0.15) is 24.3 Å². The second kappa shape index (κ2) is 6.64. The average Bonchev–Trinajstić information content (AvgIpc) is 2.86. The number of benzene rings is 1. The first-order chi connectivity index (χ1) is 11.1. The van der Waals surface area contributed by atoms with E-state index in [4.69, 9.17) is 9.47 Å². The van der Waals surface area contributed by atoms with Crippen LogP contribution in [0, 0.1) is 5.82 Å². The Bertz CT molecular complexity index is 693. The summed E-state index contributed by atoms with van der Waals surface area (Å²) >= 11 is 0. The normalized spacial score (nSPS) is 18.9. The molecule has 6 heteroatoms. The Labute approximate surface area is 133 Å². The molecule has 1 N–H and O–H groups in total. The number of ether oxygens (including phenoxy) is 2. The molecule has 0 unspecified atom stereocenters. The van der Waals surface area contributed by atoms with Gasteiger partial charge in [-0.1, -0.05) is 30.3 Å².